The number of hydrogen-bond donors (Lipinski definition) is 1. The van der Waals surface area contributed by atoms with Crippen molar-refractivity contribution >= 4 is 45.9 Å². The number of benzene rings is 1. The molecule has 28 heavy (non-hydrogen) atoms. The summed E-state index contributed by atoms with van der Waals surface area (Å²) in [6, 6.07) is 7.79. The maximum absolute atomic E-state index is 12.5. The summed E-state index contributed by atoms with van der Waals surface area (Å²) in [6.07, 6.45) is 0. The second-order valence-electron chi connectivity index (χ2n) is 5.79. The quantitative estimate of drug-likeness (QED) is 0.613. The van der Waals surface area contributed by atoms with Crippen molar-refractivity contribution < 1.29 is 23.9 Å². The summed E-state index contributed by atoms with van der Waals surface area (Å²) in [5, 5.41) is 5.04. The zero-order chi connectivity index (χ0) is 20.5. The van der Waals surface area contributed by atoms with Crippen molar-refractivity contribution in [3.8, 4) is 11.1 Å². The van der Waals surface area contributed by atoms with Crippen LogP contribution >= 0.6 is 23.1 Å². The Labute approximate surface area is 172 Å². The number of rotatable bonds is 9. The van der Waals surface area contributed by atoms with Gasteiger partial charge in [0.15, 0.2) is 0 Å². The van der Waals surface area contributed by atoms with Crippen LogP contribution in [0.3, 0.4) is 0 Å². The van der Waals surface area contributed by atoms with Crippen molar-refractivity contribution in [2.24, 2.45) is 0 Å². The van der Waals surface area contributed by atoms with E-state index in [-0.39, 0.29) is 30.0 Å². The third-order valence-electron chi connectivity index (χ3n) is 3.64. The van der Waals surface area contributed by atoms with Crippen LogP contribution in [-0.2, 0) is 19.1 Å². The van der Waals surface area contributed by atoms with E-state index in [9.17, 15) is 14.4 Å². The summed E-state index contributed by atoms with van der Waals surface area (Å²) in [5.41, 5.74) is 3.06. The molecule has 150 valence electrons. The van der Waals surface area contributed by atoms with Crippen molar-refractivity contribution in [1.82, 2.24) is 0 Å². The molecular weight excluding hydrogens is 398 g/mol. The normalized spacial score (nSPS) is 10.4. The Morgan fingerprint density at radius 1 is 1.04 bits per heavy atom. The Morgan fingerprint density at radius 3 is 2.36 bits per heavy atom. The van der Waals surface area contributed by atoms with Crippen molar-refractivity contribution in [2.75, 3.05) is 30.0 Å². The zero-order valence-corrected chi connectivity index (χ0v) is 17.7. The lowest BCUT2D eigenvalue weighted by molar-refractivity contribution is -0.139. The van der Waals surface area contributed by atoms with E-state index in [1.165, 1.54) is 11.3 Å². The molecule has 0 saturated carbocycles. The molecule has 0 aliphatic rings. The van der Waals surface area contributed by atoms with E-state index in [1.54, 1.807) is 13.8 Å². The molecule has 1 aromatic heterocycles. The van der Waals surface area contributed by atoms with Crippen LogP contribution in [0.1, 0.15) is 29.8 Å². The third-order valence-corrected chi connectivity index (χ3v) is 5.45. The fourth-order valence-corrected chi connectivity index (χ4v) is 3.98. The van der Waals surface area contributed by atoms with Crippen LogP contribution in [0.4, 0.5) is 5.00 Å². The number of nitrogens with one attached hydrogen (secondary N) is 1. The highest BCUT2D eigenvalue weighted by Crippen LogP contribution is 2.36. The van der Waals surface area contributed by atoms with Gasteiger partial charge >= 0.3 is 11.9 Å². The van der Waals surface area contributed by atoms with Gasteiger partial charge in [-0.2, -0.15) is 0 Å². The first-order valence-electron chi connectivity index (χ1n) is 8.85. The van der Waals surface area contributed by atoms with E-state index in [1.807, 2.05) is 36.6 Å². The summed E-state index contributed by atoms with van der Waals surface area (Å²) < 4.78 is 10.0. The minimum atomic E-state index is -0.478. The Hall–Kier alpha value is -2.32. The third kappa shape index (κ3) is 6.10. The number of thioether (sulfide) groups is 1. The van der Waals surface area contributed by atoms with Gasteiger partial charge in [0.2, 0.25) is 5.91 Å². The lowest BCUT2D eigenvalue weighted by atomic mass is 10.0. The molecule has 0 spiro atoms. The number of thiophene rings is 1. The second-order valence-corrected chi connectivity index (χ2v) is 7.65. The predicted octanol–water partition coefficient (Wildman–Crippen LogP) is 4.14. The summed E-state index contributed by atoms with van der Waals surface area (Å²) >= 11 is 2.43. The van der Waals surface area contributed by atoms with Gasteiger partial charge in [-0.05, 0) is 26.3 Å². The smallest absolute Gasteiger partial charge is 0.341 e. The lowest BCUT2D eigenvalue weighted by Gasteiger charge is -2.09. The highest BCUT2D eigenvalue weighted by Gasteiger charge is 2.22. The molecule has 0 bridgehead atoms. The fourth-order valence-electron chi connectivity index (χ4n) is 2.39. The number of hydrogen-bond acceptors (Lipinski definition) is 7. The van der Waals surface area contributed by atoms with E-state index in [2.05, 4.69) is 5.32 Å². The van der Waals surface area contributed by atoms with E-state index in [0.29, 0.717) is 17.2 Å². The molecule has 0 atom stereocenters. The molecule has 1 N–H and O–H groups in total. The van der Waals surface area contributed by atoms with Crippen molar-refractivity contribution in [3.05, 3.63) is 40.8 Å². The second kappa shape index (κ2) is 10.9. The highest BCUT2D eigenvalue weighted by atomic mass is 32.2. The number of aryl methyl sites for hydroxylation is 1. The van der Waals surface area contributed by atoms with Crippen molar-refractivity contribution in [1.29, 1.82) is 0 Å². The summed E-state index contributed by atoms with van der Waals surface area (Å²) in [7, 11) is 0. The molecule has 0 aliphatic carbocycles. The first-order chi connectivity index (χ1) is 13.5. The number of anilines is 1. The predicted molar refractivity (Wildman–Crippen MR) is 113 cm³/mol. The van der Waals surface area contributed by atoms with Crippen LogP contribution in [0.5, 0.6) is 0 Å². The van der Waals surface area contributed by atoms with Gasteiger partial charge in [0.05, 0.1) is 24.7 Å². The van der Waals surface area contributed by atoms with Crippen LogP contribution in [0.15, 0.2) is 29.6 Å². The Bertz CT molecular complexity index is 830. The SMILES string of the molecule is CCOC(=O)CSCC(=O)Nc1scc(-c2ccc(C)cc2)c1C(=O)OCC. The molecular formula is C20H23NO5S2. The van der Waals surface area contributed by atoms with Gasteiger partial charge in [0.1, 0.15) is 10.6 Å². The molecule has 0 aliphatic heterocycles. The average Bonchev–Trinajstić information content (AvgIpc) is 3.06. The van der Waals surface area contributed by atoms with Gasteiger partial charge in [-0.15, -0.1) is 23.1 Å². The zero-order valence-electron chi connectivity index (χ0n) is 16.1. The van der Waals surface area contributed by atoms with Gasteiger partial charge in [-0.25, -0.2) is 4.79 Å². The molecule has 0 saturated heterocycles. The molecule has 0 unspecified atom stereocenters. The number of ether oxygens (including phenoxy) is 2. The standard InChI is InChI=1S/C20H23NO5S2/c1-4-25-17(23)12-27-11-16(22)21-19-18(20(24)26-5-2)15(10-28-19)14-8-6-13(3)7-9-14/h6-10H,4-5,11-12H2,1-3H3,(H,21,22). The molecule has 1 amide bonds. The minimum Gasteiger partial charge on any atom is -0.465 e. The van der Waals surface area contributed by atoms with Crippen molar-refractivity contribution in [2.45, 2.75) is 20.8 Å². The number of esters is 2. The molecule has 2 rings (SSSR count). The van der Waals surface area contributed by atoms with E-state index >= 15 is 0 Å². The highest BCUT2D eigenvalue weighted by molar-refractivity contribution is 8.00. The first-order valence-corrected chi connectivity index (χ1v) is 10.9. The Balaban J connectivity index is 2.15. The van der Waals surface area contributed by atoms with Gasteiger partial charge < -0.3 is 14.8 Å². The van der Waals surface area contributed by atoms with Gasteiger partial charge in [-0.1, -0.05) is 29.8 Å². The van der Waals surface area contributed by atoms with Crippen LogP contribution < -0.4 is 5.32 Å². The molecule has 1 heterocycles. The number of carbonyl (C=O) groups excluding carboxylic acids is 3. The first kappa shape index (κ1) is 22.0. The molecule has 0 fully saturated rings. The minimum absolute atomic E-state index is 0.0822. The average molecular weight is 422 g/mol. The van der Waals surface area contributed by atoms with E-state index in [0.717, 1.165) is 28.5 Å². The van der Waals surface area contributed by atoms with Gasteiger partial charge in [0, 0.05) is 10.9 Å². The molecule has 6 nitrogen and oxygen atoms in total. The molecule has 1 aromatic carbocycles. The summed E-state index contributed by atoms with van der Waals surface area (Å²) in [6.45, 7) is 6.01. The lowest BCUT2D eigenvalue weighted by Crippen LogP contribution is -2.17. The summed E-state index contributed by atoms with van der Waals surface area (Å²) in [4.78, 5) is 36.1. The van der Waals surface area contributed by atoms with Gasteiger partial charge in [0.25, 0.3) is 0 Å². The van der Waals surface area contributed by atoms with Gasteiger partial charge in [-0.3, -0.25) is 9.59 Å². The Morgan fingerprint density at radius 2 is 1.71 bits per heavy atom. The topological polar surface area (TPSA) is 81.7 Å². The van der Waals surface area contributed by atoms with E-state index in [4.69, 9.17) is 9.47 Å². The van der Waals surface area contributed by atoms with Crippen LogP contribution in [0.2, 0.25) is 0 Å². The molecule has 0 radical (unpaired) electrons. The molecule has 8 heteroatoms. The van der Waals surface area contributed by atoms with Crippen LogP contribution in [0, 0.1) is 6.92 Å². The number of amides is 1. The monoisotopic (exact) mass is 421 g/mol. The number of carbonyl (C=O) groups is 3. The maximum Gasteiger partial charge on any atom is 0.341 e. The maximum atomic E-state index is 12.5. The fraction of sp³-hybridized carbons (Fsp3) is 0.350. The largest absolute Gasteiger partial charge is 0.465 e. The van der Waals surface area contributed by atoms with Crippen LogP contribution in [-0.4, -0.2) is 42.6 Å². The summed E-state index contributed by atoms with van der Waals surface area (Å²) in [5.74, 6) is -0.944. The molecule has 2 aromatic rings. The van der Waals surface area contributed by atoms with E-state index < -0.39 is 5.97 Å². The van der Waals surface area contributed by atoms with Crippen LogP contribution in [0.25, 0.3) is 11.1 Å². The Kier molecular flexibility index (Phi) is 8.53. The van der Waals surface area contributed by atoms with Crippen molar-refractivity contribution in [3.63, 3.8) is 0 Å².